The van der Waals surface area contributed by atoms with E-state index >= 15 is 0 Å². The Bertz CT molecular complexity index is 534. The summed E-state index contributed by atoms with van der Waals surface area (Å²) < 4.78 is 4.91. The number of rotatable bonds is 2. The molecule has 3 heteroatoms. The van der Waals surface area contributed by atoms with Crippen LogP contribution in [0.5, 0.6) is 0 Å². The van der Waals surface area contributed by atoms with Crippen molar-refractivity contribution in [2.24, 2.45) is 0 Å². The molecule has 2 nitrogen and oxygen atoms in total. The van der Waals surface area contributed by atoms with E-state index in [-0.39, 0.29) is 5.90 Å². The van der Waals surface area contributed by atoms with Crippen molar-refractivity contribution >= 4 is 17.5 Å². The van der Waals surface area contributed by atoms with Crippen LogP contribution in [0.2, 0.25) is 5.02 Å². The van der Waals surface area contributed by atoms with E-state index in [2.05, 4.69) is 0 Å². The minimum Gasteiger partial charge on any atom is -0.481 e. The standard InChI is InChI=1S/C14H12ClNO/c1-17-14(16)12-4-2-3-11(9-12)10-5-7-13(15)8-6-10/h2-9,16H,1H3. The highest BCUT2D eigenvalue weighted by molar-refractivity contribution is 6.30. The predicted molar refractivity (Wildman–Crippen MR) is 70.7 cm³/mol. The predicted octanol–water partition coefficient (Wildman–Crippen LogP) is 3.98. The van der Waals surface area contributed by atoms with Crippen LogP contribution in [-0.4, -0.2) is 13.0 Å². The van der Waals surface area contributed by atoms with Gasteiger partial charge >= 0.3 is 0 Å². The fourth-order valence-corrected chi connectivity index (χ4v) is 1.73. The zero-order valence-corrected chi connectivity index (χ0v) is 10.2. The number of ether oxygens (including phenoxy) is 1. The maximum absolute atomic E-state index is 7.63. The Hall–Kier alpha value is -1.80. The Balaban J connectivity index is 2.39. The lowest BCUT2D eigenvalue weighted by Crippen LogP contribution is -2.00. The van der Waals surface area contributed by atoms with Gasteiger partial charge in [0.1, 0.15) is 0 Å². The van der Waals surface area contributed by atoms with E-state index in [4.69, 9.17) is 21.7 Å². The van der Waals surface area contributed by atoms with Crippen molar-refractivity contribution in [3.63, 3.8) is 0 Å². The molecule has 0 atom stereocenters. The quantitative estimate of drug-likeness (QED) is 0.630. The minimum absolute atomic E-state index is 0.167. The first-order valence-corrected chi connectivity index (χ1v) is 5.57. The molecule has 0 aliphatic rings. The summed E-state index contributed by atoms with van der Waals surface area (Å²) in [6.07, 6.45) is 0. The van der Waals surface area contributed by atoms with Crippen LogP contribution in [-0.2, 0) is 4.74 Å². The van der Waals surface area contributed by atoms with Gasteiger partial charge in [0.05, 0.1) is 7.11 Å². The average Bonchev–Trinajstić information content (AvgIpc) is 2.39. The van der Waals surface area contributed by atoms with E-state index in [1.165, 1.54) is 7.11 Å². The molecule has 1 N–H and O–H groups in total. The summed E-state index contributed by atoms with van der Waals surface area (Å²) in [7, 11) is 1.50. The molecule has 0 aliphatic heterocycles. The fraction of sp³-hybridized carbons (Fsp3) is 0.0714. The maximum atomic E-state index is 7.63. The van der Waals surface area contributed by atoms with Crippen LogP contribution in [0.25, 0.3) is 11.1 Å². The molecule has 0 fully saturated rings. The number of methoxy groups -OCH3 is 1. The molecule has 17 heavy (non-hydrogen) atoms. The van der Waals surface area contributed by atoms with Gasteiger partial charge in [0.15, 0.2) is 0 Å². The lowest BCUT2D eigenvalue weighted by molar-refractivity contribution is 0.401. The smallest absolute Gasteiger partial charge is 0.212 e. The summed E-state index contributed by atoms with van der Waals surface area (Å²) in [5.74, 6) is 0.167. The van der Waals surface area contributed by atoms with Crippen molar-refractivity contribution in [2.75, 3.05) is 7.11 Å². The molecule has 0 amide bonds. The summed E-state index contributed by atoms with van der Waals surface area (Å²) in [6, 6.07) is 15.3. The van der Waals surface area contributed by atoms with Crippen LogP contribution in [0.15, 0.2) is 48.5 Å². The largest absolute Gasteiger partial charge is 0.481 e. The van der Waals surface area contributed by atoms with Gasteiger partial charge in [-0.1, -0.05) is 35.9 Å². The third-order valence-corrected chi connectivity index (χ3v) is 2.76. The summed E-state index contributed by atoms with van der Waals surface area (Å²) >= 11 is 5.85. The van der Waals surface area contributed by atoms with E-state index in [1.807, 2.05) is 48.5 Å². The zero-order chi connectivity index (χ0) is 12.3. The van der Waals surface area contributed by atoms with Crippen LogP contribution < -0.4 is 0 Å². The van der Waals surface area contributed by atoms with Gasteiger partial charge in [-0.15, -0.1) is 0 Å². The lowest BCUT2D eigenvalue weighted by atomic mass is 10.0. The van der Waals surface area contributed by atoms with Crippen molar-refractivity contribution < 1.29 is 4.74 Å². The Morgan fingerprint density at radius 2 is 1.76 bits per heavy atom. The van der Waals surface area contributed by atoms with E-state index < -0.39 is 0 Å². The lowest BCUT2D eigenvalue weighted by Gasteiger charge is -2.06. The second kappa shape index (κ2) is 5.02. The van der Waals surface area contributed by atoms with Gasteiger partial charge in [-0.3, -0.25) is 5.41 Å². The van der Waals surface area contributed by atoms with Gasteiger partial charge < -0.3 is 4.74 Å². The van der Waals surface area contributed by atoms with Crippen molar-refractivity contribution in [3.8, 4) is 11.1 Å². The van der Waals surface area contributed by atoms with Gasteiger partial charge in [0.2, 0.25) is 5.90 Å². The maximum Gasteiger partial charge on any atom is 0.212 e. The fourth-order valence-electron chi connectivity index (χ4n) is 1.60. The Labute approximate surface area is 105 Å². The van der Waals surface area contributed by atoms with Crippen LogP contribution in [0.4, 0.5) is 0 Å². The van der Waals surface area contributed by atoms with Crippen LogP contribution in [0.1, 0.15) is 5.56 Å². The van der Waals surface area contributed by atoms with E-state index in [1.54, 1.807) is 0 Å². The molecule has 0 heterocycles. The van der Waals surface area contributed by atoms with E-state index in [0.29, 0.717) is 0 Å². The Kier molecular flexibility index (Phi) is 3.45. The number of nitrogens with one attached hydrogen (secondary N) is 1. The summed E-state index contributed by atoms with van der Waals surface area (Å²) in [5, 5.41) is 8.35. The molecule has 2 aromatic rings. The highest BCUT2D eigenvalue weighted by Gasteiger charge is 2.03. The number of halogens is 1. The Morgan fingerprint density at radius 1 is 1.06 bits per heavy atom. The van der Waals surface area contributed by atoms with Crippen molar-refractivity contribution in [1.29, 1.82) is 5.41 Å². The van der Waals surface area contributed by atoms with Crippen molar-refractivity contribution in [3.05, 3.63) is 59.1 Å². The second-order valence-corrected chi connectivity index (χ2v) is 4.06. The first-order chi connectivity index (χ1) is 8.20. The summed E-state index contributed by atoms with van der Waals surface area (Å²) in [4.78, 5) is 0. The first kappa shape index (κ1) is 11.7. The molecule has 0 unspecified atom stereocenters. The second-order valence-electron chi connectivity index (χ2n) is 3.62. The van der Waals surface area contributed by atoms with Crippen LogP contribution in [0.3, 0.4) is 0 Å². The highest BCUT2D eigenvalue weighted by Crippen LogP contribution is 2.22. The monoisotopic (exact) mass is 245 g/mol. The molecule has 2 rings (SSSR count). The molecule has 2 aromatic carbocycles. The molecular weight excluding hydrogens is 234 g/mol. The van der Waals surface area contributed by atoms with Crippen LogP contribution >= 0.6 is 11.6 Å². The molecular formula is C14H12ClNO. The van der Waals surface area contributed by atoms with Gasteiger partial charge in [-0.2, -0.15) is 0 Å². The SMILES string of the molecule is COC(=N)c1cccc(-c2ccc(Cl)cc2)c1. The molecule has 0 bridgehead atoms. The molecule has 0 aliphatic carbocycles. The molecule has 0 spiro atoms. The van der Waals surface area contributed by atoms with E-state index in [9.17, 15) is 0 Å². The van der Waals surface area contributed by atoms with Crippen molar-refractivity contribution in [2.45, 2.75) is 0 Å². The Morgan fingerprint density at radius 3 is 2.41 bits per heavy atom. The normalized spacial score (nSPS) is 10.0. The summed E-state index contributed by atoms with van der Waals surface area (Å²) in [5.41, 5.74) is 2.88. The number of hydrogen-bond donors (Lipinski definition) is 1. The summed E-state index contributed by atoms with van der Waals surface area (Å²) in [6.45, 7) is 0. The minimum atomic E-state index is 0.167. The third kappa shape index (κ3) is 2.66. The molecule has 0 radical (unpaired) electrons. The van der Waals surface area contributed by atoms with Gasteiger partial charge in [0, 0.05) is 10.6 Å². The van der Waals surface area contributed by atoms with Gasteiger partial charge in [-0.05, 0) is 35.4 Å². The topological polar surface area (TPSA) is 33.1 Å². The number of hydrogen-bond acceptors (Lipinski definition) is 2. The number of benzene rings is 2. The highest BCUT2D eigenvalue weighted by atomic mass is 35.5. The third-order valence-electron chi connectivity index (χ3n) is 2.51. The zero-order valence-electron chi connectivity index (χ0n) is 9.41. The first-order valence-electron chi connectivity index (χ1n) is 5.19. The van der Waals surface area contributed by atoms with E-state index in [0.717, 1.165) is 21.7 Å². The molecule has 0 aromatic heterocycles. The molecule has 0 saturated carbocycles. The van der Waals surface area contributed by atoms with Crippen LogP contribution in [0, 0.1) is 5.41 Å². The van der Waals surface area contributed by atoms with Crippen molar-refractivity contribution in [1.82, 2.24) is 0 Å². The molecule has 86 valence electrons. The van der Waals surface area contributed by atoms with Gasteiger partial charge in [-0.25, -0.2) is 0 Å². The molecule has 0 saturated heterocycles. The average molecular weight is 246 g/mol. The van der Waals surface area contributed by atoms with Gasteiger partial charge in [0.25, 0.3) is 0 Å².